The Hall–Kier alpha value is -2.38. The first kappa shape index (κ1) is 19.0. The van der Waals surface area contributed by atoms with Crippen molar-refractivity contribution in [2.24, 2.45) is 23.2 Å². The molecule has 1 N–H and O–H groups in total. The number of carbonyl (C=O) groups excluding carboxylic acids is 1. The summed E-state index contributed by atoms with van der Waals surface area (Å²) in [4.78, 5) is 28.7. The molecule has 3 atom stereocenters. The highest BCUT2D eigenvalue weighted by molar-refractivity contribution is 5.85. The van der Waals surface area contributed by atoms with Crippen molar-refractivity contribution in [3.05, 3.63) is 40.4 Å². The average Bonchev–Trinajstić information content (AvgIpc) is 2.63. The molecule has 1 amide bonds. The van der Waals surface area contributed by atoms with Gasteiger partial charge in [0.25, 0.3) is 5.56 Å². The van der Waals surface area contributed by atoms with Crippen molar-refractivity contribution in [1.82, 2.24) is 9.66 Å². The third-order valence-electron chi connectivity index (χ3n) is 6.71. The second-order valence-electron chi connectivity index (χ2n) is 8.53. The zero-order valence-electron chi connectivity index (χ0n) is 15.7. The number of alkyl halides is 3. The monoisotopic (exact) mass is 393 g/mol. The molecule has 0 saturated heterocycles. The van der Waals surface area contributed by atoms with Crippen LogP contribution in [-0.4, -0.2) is 15.6 Å². The fraction of sp³-hybridized carbons (Fsp3) is 0.550. The molecule has 1 aromatic heterocycles. The third-order valence-corrected chi connectivity index (χ3v) is 6.71. The van der Waals surface area contributed by atoms with Crippen molar-refractivity contribution in [3.63, 3.8) is 0 Å². The van der Waals surface area contributed by atoms with Gasteiger partial charge in [-0.3, -0.25) is 15.0 Å². The number of hydrogen-bond donors (Lipinski definition) is 1. The van der Waals surface area contributed by atoms with Gasteiger partial charge in [-0.2, -0.15) is 17.8 Å². The number of fused-ring (bicyclic) bond motifs is 3. The summed E-state index contributed by atoms with van der Waals surface area (Å²) in [7, 11) is 0. The lowest BCUT2D eigenvalue weighted by Crippen LogP contribution is -2.53. The van der Waals surface area contributed by atoms with Crippen LogP contribution in [0.2, 0.25) is 0 Å². The number of benzene rings is 1. The summed E-state index contributed by atoms with van der Waals surface area (Å²) in [6, 6.07) is 5.79. The minimum atomic E-state index is -4.87. The Morgan fingerprint density at radius 3 is 2.64 bits per heavy atom. The van der Waals surface area contributed by atoms with Crippen LogP contribution in [0.5, 0.6) is 0 Å². The molecular weight excluding hydrogens is 371 g/mol. The van der Waals surface area contributed by atoms with Crippen molar-refractivity contribution >= 4 is 16.8 Å². The maximum absolute atomic E-state index is 13.5. The topological polar surface area (TPSA) is 64.0 Å². The summed E-state index contributed by atoms with van der Waals surface area (Å²) in [6.45, 7) is 4.38. The zero-order chi connectivity index (χ0) is 20.3. The van der Waals surface area contributed by atoms with Crippen LogP contribution in [-0.2, 0) is 11.0 Å². The van der Waals surface area contributed by atoms with Crippen molar-refractivity contribution in [2.75, 3.05) is 5.43 Å². The molecule has 0 radical (unpaired) electrons. The van der Waals surface area contributed by atoms with Gasteiger partial charge < -0.3 is 0 Å². The number of para-hydroxylation sites is 1. The Morgan fingerprint density at radius 2 is 2.00 bits per heavy atom. The van der Waals surface area contributed by atoms with Crippen LogP contribution in [0.1, 0.15) is 45.4 Å². The second-order valence-corrected chi connectivity index (χ2v) is 8.53. The summed E-state index contributed by atoms with van der Waals surface area (Å²) >= 11 is 0. The Morgan fingerprint density at radius 1 is 1.29 bits per heavy atom. The number of rotatable bonds is 3. The fourth-order valence-electron chi connectivity index (χ4n) is 5.04. The average molecular weight is 393 g/mol. The maximum Gasteiger partial charge on any atom is 0.451 e. The Balaban J connectivity index is 1.63. The molecule has 0 spiro atoms. The molecule has 3 fully saturated rings. The van der Waals surface area contributed by atoms with Crippen molar-refractivity contribution in [2.45, 2.75) is 45.7 Å². The molecule has 5 nitrogen and oxygen atoms in total. The van der Waals surface area contributed by atoms with Crippen LogP contribution in [0.15, 0.2) is 29.1 Å². The highest BCUT2D eigenvalue weighted by atomic mass is 19.4. The van der Waals surface area contributed by atoms with E-state index in [2.05, 4.69) is 24.3 Å². The Labute approximate surface area is 159 Å². The molecule has 1 heterocycles. The molecule has 2 aromatic rings. The lowest BCUT2D eigenvalue weighted by Gasteiger charge is -2.60. The quantitative estimate of drug-likeness (QED) is 0.859. The van der Waals surface area contributed by atoms with E-state index in [-0.39, 0.29) is 33.3 Å². The molecule has 0 unspecified atom stereocenters. The van der Waals surface area contributed by atoms with E-state index in [1.807, 2.05) is 0 Å². The normalized spacial score (nSPS) is 26.0. The summed E-state index contributed by atoms with van der Waals surface area (Å²) in [5.74, 6) is -0.821. The number of hydrogen-bond acceptors (Lipinski definition) is 3. The first-order chi connectivity index (χ1) is 13.1. The summed E-state index contributed by atoms with van der Waals surface area (Å²) in [5, 5.41) is 0.0245. The smallest absolute Gasteiger partial charge is 0.273 e. The van der Waals surface area contributed by atoms with Crippen LogP contribution in [0.3, 0.4) is 0 Å². The van der Waals surface area contributed by atoms with Gasteiger partial charge in [-0.1, -0.05) is 26.0 Å². The summed E-state index contributed by atoms with van der Waals surface area (Å²) in [6.07, 6.45) is -1.77. The first-order valence-corrected chi connectivity index (χ1v) is 9.48. The minimum Gasteiger partial charge on any atom is -0.273 e. The van der Waals surface area contributed by atoms with Crippen molar-refractivity contribution < 1.29 is 18.0 Å². The molecule has 2 bridgehead atoms. The van der Waals surface area contributed by atoms with E-state index in [9.17, 15) is 22.8 Å². The van der Waals surface area contributed by atoms with E-state index >= 15 is 0 Å². The highest BCUT2D eigenvalue weighted by Gasteiger charge is 2.54. The van der Waals surface area contributed by atoms with E-state index in [1.165, 1.54) is 18.2 Å². The number of nitrogens with one attached hydrogen (secondary N) is 1. The minimum absolute atomic E-state index is 0.0245. The van der Waals surface area contributed by atoms with Gasteiger partial charge in [0.1, 0.15) is 0 Å². The van der Waals surface area contributed by atoms with E-state index in [4.69, 9.17) is 0 Å². The summed E-state index contributed by atoms with van der Waals surface area (Å²) in [5.41, 5.74) is 1.35. The highest BCUT2D eigenvalue weighted by Crippen LogP contribution is 2.61. The predicted octanol–water partition coefficient (Wildman–Crippen LogP) is 3.95. The number of halogens is 3. The molecule has 8 heteroatoms. The molecule has 3 saturated carbocycles. The van der Waals surface area contributed by atoms with Crippen LogP contribution >= 0.6 is 0 Å². The van der Waals surface area contributed by atoms with Gasteiger partial charge in [0.2, 0.25) is 11.7 Å². The SMILES string of the molecule is CC1(C)[C@H]2CC[C@@H](CC(=O)Nn3c(C(F)(F)F)nc4ccccc4c3=O)[C@@H]1C2. The van der Waals surface area contributed by atoms with E-state index < -0.39 is 23.5 Å². The van der Waals surface area contributed by atoms with Crippen molar-refractivity contribution in [3.8, 4) is 0 Å². The zero-order valence-corrected chi connectivity index (χ0v) is 15.7. The standard InChI is InChI=1S/C20H22F3N3O2/c1-19(2)12-8-7-11(14(19)10-12)9-16(27)25-26-17(28)13-5-3-4-6-15(13)24-18(26)20(21,22)23/h3-6,11-12,14H,7-10H2,1-2H3,(H,25,27)/t11-,12-,14-/m0/s1. The van der Waals surface area contributed by atoms with Gasteiger partial charge in [0, 0.05) is 6.42 Å². The fourth-order valence-corrected chi connectivity index (χ4v) is 5.04. The molecule has 0 aliphatic heterocycles. The largest absolute Gasteiger partial charge is 0.451 e. The van der Waals surface area contributed by atoms with Crippen molar-refractivity contribution in [1.29, 1.82) is 0 Å². The van der Waals surface area contributed by atoms with E-state index in [1.54, 1.807) is 6.07 Å². The van der Waals surface area contributed by atoms with Gasteiger partial charge in [-0.05, 0) is 54.6 Å². The van der Waals surface area contributed by atoms with Crippen LogP contribution < -0.4 is 11.0 Å². The molecule has 28 heavy (non-hydrogen) atoms. The Kier molecular flexibility index (Phi) is 4.28. The lowest BCUT2D eigenvalue weighted by molar-refractivity contribution is -0.147. The molecule has 3 aliphatic rings. The van der Waals surface area contributed by atoms with E-state index in [0.29, 0.717) is 11.8 Å². The van der Waals surface area contributed by atoms with Gasteiger partial charge >= 0.3 is 6.18 Å². The maximum atomic E-state index is 13.5. The molecule has 150 valence electrons. The van der Waals surface area contributed by atoms with Crippen LogP contribution in [0.25, 0.3) is 10.9 Å². The Bertz CT molecular complexity index is 994. The molecular formula is C20H22F3N3O2. The second kappa shape index (κ2) is 6.32. The summed E-state index contributed by atoms with van der Waals surface area (Å²) < 4.78 is 40.6. The van der Waals surface area contributed by atoms with Gasteiger partial charge in [-0.25, -0.2) is 4.98 Å². The number of nitrogens with zero attached hydrogens (tertiary/aromatic N) is 2. The molecule has 5 rings (SSSR count). The van der Waals surface area contributed by atoms with Gasteiger partial charge in [0.05, 0.1) is 10.9 Å². The number of carbonyl (C=O) groups is 1. The van der Waals surface area contributed by atoms with Crippen LogP contribution in [0.4, 0.5) is 13.2 Å². The third kappa shape index (κ3) is 2.99. The molecule has 1 aromatic carbocycles. The van der Waals surface area contributed by atoms with E-state index in [0.717, 1.165) is 19.3 Å². The number of amides is 1. The first-order valence-electron chi connectivity index (χ1n) is 9.48. The van der Waals surface area contributed by atoms with Gasteiger partial charge in [-0.15, -0.1) is 0 Å². The van der Waals surface area contributed by atoms with Crippen LogP contribution in [0, 0.1) is 23.2 Å². The molecule has 3 aliphatic carbocycles. The van der Waals surface area contributed by atoms with Gasteiger partial charge in [0.15, 0.2) is 0 Å². The predicted molar refractivity (Wildman–Crippen MR) is 98.1 cm³/mol. The lowest BCUT2D eigenvalue weighted by atomic mass is 9.45. The number of aromatic nitrogens is 2.